The van der Waals surface area contributed by atoms with Crippen LogP contribution in [0.5, 0.6) is 0 Å². The van der Waals surface area contributed by atoms with E-state index >= 15 is 0 Å². The summed E-state index contributed by atoms with van der Waals surface area (Å²) in [5.74, 6) is 0.809. The molecule has 0 radical (unpaired) electrons. The summed E-state index contributed by atoms with van der Waals surface area (Å²) in [6.07, 6.45) is 0.107. The van der Waals surface area contributed by atoms with Gasteiger partial charge in [0.15, 0.2) is 12.0 Å². The van der Waals surface area contributed by atoms with Crippen LogP contribution >= 0.6 is 0 Å². The molecule has 1 aromatic heterocycles. The van der Waals surface area contributed by atoms with E-state index in [1.807, 2.05) is 36.4 Å². The molecular weight excluding hydrogens is 306 g/mol. The number of hydrogen-bond donors (Lipinski definition) is 1. The number of aldehydes is 1. The van der Waals surface area contributed by atoms with Gasteiger partial charge in [0.25, 0.3) is 0 Å². The molecule has 24 heavy (non-hydrogen) atoms. The van der Waals surface area contributed by atoms with Gasteiger partial charge < -0.3 is 9.15 Å². The van der Waals surface area contributed by atoms with Gasteiger partial charge >= 0.3 is 6.09 Å². The van der Waals surface area contributed by atoms with Gasteiger partial charge in [0.05, 0.1) is 0 Å². The van der Waals surface area contributed by atoms with E-state index in [0.29, 0.717) is 17.7 Å². The van der Waals surface area contributed by atoms with E-state index in [1.54, 1.807) is 30.3 Å². The molecule has 0 aliphatic carbocycles. The maximum absolute atomic E-state index is 11.9. The molecule has 120 valence electrons. The molecule has 0 unspecified atom stereocenters. The first-order valence-electron chi connectivity index (χ1n) is 7.38. The second kappa shape index (κ2) is 7.28. The molecule has 1 N–H and O–H groups in total. The van der Waals surface area contributed by atoms with E-state index in [4.69, 9.17) is 9.15 Å². The van der Waals surface area contributed by atoms with Crippen molar-refractivity contribution in [3.8, 4) is 11.3 Å². The lowest BCUT2D eigenvalue weighted by atomic mass is 10.1. The summed E-state index contributed by atoms with van der Waals surface area (Å²) in [5, 5.41) is 2.67. The Morgan fingerprint density at radius 1 is 1.04 bits per heavy atom. The van der Waals surface area contributed by atoms with Crippen LogP contribution in [-0.2, 0) is 11.3 Å². The largest absolute Gasteiger partial charge is 0.453 e. The van der Waals surface area contributed by atoms with E-state index in [2.05, 4.69) is 5.32 Å². The van der Waals surface area contributed by atoms with Crippen molar-refractivity contribution in [2.24, 2.45) is 0 Å². The van der Waals surface area contributed by atoms with E-state index in [0.717, 1.165) is 11.1 Å². The summed E-state index contributed by atoms with van der Waals surface area (Å²) in [6.45, 7) is 0.202. The van der Waals surface area contributed by atoms with Gasteiger partial charge in [-0.2, -0.15) is 0 Å². The van der Waals surface area contributed by atoms with Crippen LogP contribution in [0.3, 0.4) is 0 Å². The fourth-order valence-corrected chi connectivity index (χ4v) is 2.20. The van der Waals surface area contributed by atoms with Crippen molar-refractivity contribution in [3.05, 3.63) is 78.1 Å². The Hall–Kier alpha value is -3.34. The Balaban J connectivity index is 1.63. The second-order valence-electron chi connectivity index (χ2n) is 5.09. The Bertz CT molecular complexity index is 839. The van der Waals surface area contributed by atoms with E-state index in [9.17, 15) is 9.59 Å². The zero-order chi connectivity index (χ0) is 16.8. The van der Waals surface area contributed by atoms with Crippen LogP contribution in [-0.4, -0.2) is 12.4 Å². The van der Waals surface area contributed by atoms with E-state index in [1.165, 1.54) is 0 Å². The smallest absolute Gasteiger partial charge is 0.411 e. The minimum absolute atomic E-state index is 0.202. The summed E-state index contributed by atoms with van der Waals surface area (Å²) in [6, 6.07) is 19.8. The van der Waals surface area contributed by atoms with Gasteiger partial charge in [-0.3, -0.25) is 10.1 Å². The van der Waals surface area contributed by atoms with Gasteiger partial charge in [0.2, 0.25) is 0 Å². The zero-order valence-corrected chi connectivity index (χ0v) is 12.8. The Labute approximate surface area is 138 Å². The molecule has 0 spiro atoms. The summed E-state index contributed by atoms with van der Waals surface area (Å²) < 4.78 is 10.6. The number of ether oxygens (including phenoxy) is 1. The minimum Gasteiger partial charge on any atom is -0.453 e. The molecule has 3 aromatic rings. The number of rotatable bonds is 5. The van der Waals surface area contributed by atoms with E-state index in [-0.39, 0.29) is 12.4 Å². The first-order chi connectivity index (χ1) is 11.7. The third-order valence-corrected chi connectivity index (χ3v) is 3.35. The maximum atomic E-state index is 11.9. The molecular formula is C19H15NO4. The van der Waals surface area contributed by atoms with Crippen LogP contribution in [0.2, 0.25) is 0 Å². The molecule has 0 bridgehead atoms. The highest BCUT2D eigenvalue weighted by Gasteiger charge is 2.08. The Morgan fingerprint density at radius 3 is 2.62 bits per heavy atom. The lowest BCUT2D eigenvalue weighted by Crippen LogP contribution is -2.13. The van der Waals surface area contributed by atoms with Crippen molar-refractivity contribution >= 4 is 18.1 Å². The van der Waals surface area contributed by atoms with Gasteiger partial charge in [-0.05, 0) is 29.8 Å². The van der Waals surface area contributed by atoms with Crippen LogP contribution in [0.25, 0.3) is 11.3 Å². The maximum Gasteiger partial charge on any atom is 0.411 e. The summed E-state index contributed by atoms with van der Waals surface area (Å²) >= 11 is 0. The molecule has 3 rings (SSSR count). The molecule has 0 aliphatic heterocycles. The number of nitrogens with one attached hydrogen (secondary N) is 1. The van der Waals surface area contributed by atoms with Crippen LogP contribution in [0.1, 0.15) is 16.1 Å². The van der Waals surface area contributed by atoms with Gasteiger partial charge in [0, 0.05) is 11.3 Å². The molecule has 2 aromatic carbocycles. The van der Waals surface area contributed by atoms with Crippen LogP contribution < -0.4 is 5.32 Å². The van der Waals surface area contributed by atoms with Crippen LogP contribution in [0, 0.1) is 0 Å². The fraction of sp³-hybridized carbons (Fsp3) is 0.0526. The molecule has 0 aliphatic rings. The summed E-state index contributed by atoms with van der Waals surface area (Å²) in [5.41, 5.74) is 2.25. The van der Waals surface area contributed by atoms with Crippen molar-refractivity contribution in [3.63, 3.8) is 0 Å². The Morgan fingerprint density at radius 2 is 1.88 bits per heavy atom. The van der Waals surface area contributed by atoms with Crippen LogP contribution in [0.15, 0.2) is 71.1 Å². The third-order valence-electron chi connectivity index (χ3n) is 3.35. The predicted molar refractivity (Wildman–Crippen MR) is 89.8 cm³/mol. The van der Waals surface area contributed by atoms with Crippen molar-refractivity contribution in [2.75, 3.05) is 5.32 Å². The number of benzene rings is 2. The normalized spacial score (nSPS) is 10.2. The first-order valence-corrected chi connectivity index (χ1v) is 7.38. The van der Waals surface area contributed by atoms with Crippen molar-refractivity contribution < 1.29 is 18.7 Å². The van der Waals surface area contributed by atoms with Crippen LogP contribution in [0.4, 0.5) is 10.5 Å². The van der Waals surface area contributed by atoms with Gasteiger partial charge in [-0.1, -0.05) is 42.5 Å². The van der Waals surface area contributed by atoms with Crippen molar-refractivity contribution in [2.45, 2.75) is 6.61 Å². The molecule has 1 heterocycles. The number of carbonyl (C=O) groups is 2. The predicted octanol–water partition coefficient (Wildman–Crippen LogP) is 4.51. The number of anilines is 1. The molecule has 5 nitrogen and oxygen atoms in total. The molecule has 1 amide bonds. The minimum atomic E-state index is -0.538. The number of carbonyl (C=O) groups excluding carboxylic acids is 2. The average Bonchev–Trinajstić information content (AvgIpc) is 3.10. The quantitative estimate of drug-likeness (QED) is 0.702. The van der Waals surface area contributed by atoms with Crippen molar-refractivity contribution in [1.82, 2.24) is 0 Å². The lowest BCUT2D eigenvalue weighted by molar-refractivity contribution is 0.110. The zero-order valence-electron chi connectivity index (χ0n) is 12.8. The molecule has 0 saturated heterocycles. The van der Waals surface area contributed by atoms with Crippen molar-refractivity contribution in [1.29, 1.82) is 0 Å². The summed E-state index contributed by atoms with van der Waals surface area (Å²) in [4.78, 5) is 22.6. The monoisotopic (exact) mass is 321 g/mol. The topological polar surface area (TPSA) is 68.5 Å². The highest BCUT2D eigenvalue weighted by atomic mass is 16.5. The van der Waals surface area contributed by atoms with E-state index < -0.39 is 6.09 Å². The summed E-state index contributed by atoms with van der Waals surface area (Å²) in [7, 11) is 0. The second-order valence-corrected chi connectivity index (χ2v) is 5.09. The lowest BCUT2D eigenvalue weighted by Gasteiger charge is -2.08. The fourth-order valence-electron chi connectivity index (χ4n) is 2.20. The average molecular weight is 321 g/mol. The van der Waals surface area contributed by atoms with Gasteiger partial charge in [0.1, 0.15) is 12.4 Å². The highest BCUT2D eigenvalue weighted by Crippen LogP contribution is 2.24. The van der Waals surface area contributed by atoms with Gasteiger partial charge in [-0.15, -0.1) is 0 Å². The SMILES string of the molecule is O=Cc1ccc(-c2cccc(NC(=O)OCc3ccccc3)c2)o1. The molecule has 5 heteroatoms. The van der Waals surface area contributed by atoms with Gasteiger partial charge in [-0.25, -0.2) is 4.79 Å². The first kappa shape index (κ1) is 15.6. The number of furan rings is 1. The molecule has 0 fully saturated rings. The molecule has 0 saturated carbocycles. The third kappa shape index (κ3) is 3.89. The Kier molecular flexibility index (Phi) is 4.72. The molecule has 0 atom stereocenters. The standard InChI is InChI=1S/C19H15NO4/c21-12-17-9-10-18(24-17)15-7-4-8-16(11-15)20-19(22)23-13-14-5-2-1-3-6-14/h1-12H,13H2,(H,20,22). The number of amides is 1. The number of hydrogen-bond acceptors (Lipinski definition) is 4. The highest BCUT2D eigenvalue weighted by molar-refractivity contribution is 5.85.